The molecule has 3 N–H and O–H groups in total. The van der Waals surface area contributed by atoms with E-state index in [0.29, 0.717) is 65.5 Å². The molecule has 0 amide bonds. The van der Waals surface area contributed by atoms with Crippen LogP contribution in [-0.4, -0.2) is 70.0 Å². The Morgan fingerprint density at radius 3 is 1.90 bits per heavy atom. The van der Waals surface area contributed by atoms with Gasteiger partial charge < -0.3 is 29.8 Å². The van der Waals surface area contributed by atoms with Gasteiger partial charge in [0.1, 0.15) is 5.54 Å². The van der Waals surface area contributed by atoms with E-state index in [1.54, 1.807) is 14.0 Å². The van der Waals surface area contributed by atoms with Crippen molar-refractivity contribution in [2.45, 2.75) is 31.7 Å². The van der Waals surface area contributed by atoms with E-state index in [0.717, 1.165) is 0 Å². The molecule has 0 saturated heterocycles. The Bertz CT molecular complexity index is 264. The van der Waals surface area contributed by atoms with Crippen LogP contribution in [-0.2, 0) is 23.7 Å². The number of aliphatic carboxylic acids is 1. The van der Waals surface area contributed by atoms with Crippen molar-refractivity contribution in [1.82, 2.24) is 0 Å². The van der Waals surface area contributed by atoms with E-state index in [1.807, 2.05) is 0 Å². The smallest absolute Gasteiger partial charge is 0.323 e. The van der Waals surface area contributed by atoms with Crippen LogP contribution in [0.15, 0.2) is 0 Å². The van der Waals surface area contributed by atoms with Crippen molar-refractivity contribution in [3.05, 3.63) is 0 Å². The minimum atomic E-state index is -1.14. The van der Waals surface area contributed by atoms with E-state index in [1.165, 1.54) is 0 Å². The fraction of sp³-hybridized carbons (Fsp3) is 0.929. The van der Waals surface area contributed by atoms with E-state index in [4.69, 9.17) is 29.8 Å². The van der Waals surface area contributed by atoms with Gasteiger partial charge in [-0.05, 0) is 19.3 Å². The molecular weight excluding hydrogens is 278 g/mol. The van der Waals surface area contributed by atoms with Crippen molar-refractivity contribution in [2.24, 2.45) is 5.73 Å². The largest absolute Gasteiger partial charge is 0.480 e. The Morgan fingerprint density at radius 1 is 1.00 bits per heavy atom. The molecule has 0 aliphatic rings. The molecule has 0 aliphatic heterocycles. The van der Waals surface area contributed by atoms with Crippen LogP contribution < -0.4 is 5.73 Å². The molecule has 21 heavy (non-hydrogen) atoms. The third kappa shape index (κ3) is 10.6. The molecule has 1 unspecified atom stereocenters. The van der Waals surface area contributed by atoms with E-state index in [9.17, 15) is 4.79 Å². The standard InChI is InChI=1S/C14H29NO6/c1-3-14(15,13(16)17)5-4-6-19-9-10-21-12-11-20-8-7-18-2/h3-12,15H2,1-2H3,(H,16,17). The summed E-state index contributed by atoms with van der Waals surface area (Å²) in [4.78, 5) is 11.0. The molecule has 7 heteroatoms. The lowest BCUT2D eigenvalue weighted by molar-refractivity contribution is -0.143. The average Bonchev–Trinajstić information content (AvgIpc) is 2.47. The SMILES string of the molecule is CCC(N)(CCCOCCOCCOCCOC)C(=O)O. The van der Waals surface area contributed by atoms with Crippen LogP contribution in [0.5, 0.6) is 0 Å². The molecule has 0 saturated carbocycles. The van der Waals surface area contributed by atoms with Gasteiger partial charge in [-0.25, -0.2) is 0 Å². The second-order valence-electron chi connectivity index (χ2n) is 4.75. The van der Waals surface area contributed by atoms with Crippen LogP contribution in [0.25, 0.3) is 0 Å². The number of carboxylic acids is 1. The van der Waals surface area contributed by atoms with Crippen molar-refractivity contribution < 1.29 is 28.8 Å². The highest BCUT2D eigenvalue weighted by Crippen LogP contribution is 2.14. The monoisotopic (exact) mass is 307 g/mol. The van der Waals surface area contributed by atoms with Crippen LogP contribution >= 0.6 is 0 Å². The highest BCUT2D eigenvalue weighted by Gasteiger charge is 2.30. The Hall–Kier alpha value is -0.730. The minimum Gasteiger partial charge on any atom is -0.480 e. The first-order chi connectivity index (χ1) is 10.1. The molecule has 126 valence electrons. The summed E-state index contributed by atoms with van der Waals surface area (Å²) in [6, 6.07) is 0. The van der Waals surface area contributed by atoms with E-state index >= 15 is 0 Å². The van der Waals surface area contributed by atoms with Crippen LogP contribution in [0.1, 0.15) is 26.2 Å². The molecule has 0 aromatic rings. The quantitative estimate of drug-likeness (QED) is 0.428. The van der Waals surface area contributed by atoms with Crippen LogP contribution in [0, 0.1) is 0 Å². The van der Waals surface area contributed by atoms with Crippen LogP contribution in [0.4, 0.5) is 0 Å². The van der Waals surface area contributed by atoms with Gasteiger partial charge in [0, 0.05) is 13.7 Å². The molecule has 0 heterocycles. The maximum atomic E-state index is 11.0. The molecule has 0 radical (unpaired) electrons. The molecule has 0 spiro atoms. The molecule has 0 rings (SSSR count). The molecule has 1 atom stereocenters. The third-order valence-corrected chi connectivity index (χ3v) is 3.14. The summed E-state index contributed by atoms with van der Waals surface area (Å²) in [5.74, 6) is -0.957. The van der Waals surface area contributed by atoms with Gasteiger partial charge in [-0.1, -0.05) is 6.92 Å². The first-order valence-electron chi connectivity index (χ1n) is 7.31. The molecule has 0 aromatic carbocycles. The fourth-order valence-corrected chi connectivity index (χ4v) is 1.61. The zero-order chi connectivity index (χ0) is 16.0. The first-order valence-corrected chi connectivity index (χ1v) is 7.31. The zero-order valence-electron chi connectivity index (χ0n) is 13.1. The number of nitrogens with two attached hydrogens (primary N) is 1. The normalized spacial score (nSPS) is 14.0. The number of methoxy groups -OCH3 is 1. The van der Waals surface area contributed by atoms with Crippen molar-refractivity contribution in [3.63, 3.8) is 0 Å². The second kappa shape index (κ2) is 13.0. The summed E-state index contributed by atoms with van der Waals surface area (Å²) in [5.41, 5.74) is 4.63. The Morgan fingerprint density at radius 2 is 1.48 bits per heavy atom. The van der Waals surface area contributed by atoms with Gasteiger partial charge in [-0.15, -0.1) is 0 Å². The molecule has 0 bridgehead atoms. The number of ether oxygens (including phenoxy) is 4. The van der Waals surface area contributed by atoms with Gasteiger partial charge in [0.15, 0.2) is 0 Å². The van der Waals surface area contributed by atoms with Gasteiger partial charge in [-0.2, -0.15) is 0 Å². The van der Waals surface area contributed by atoms with E-state index in [-0.39, 0.29) is 0 Å². The molecular formula is C14H29NO6. The number of hydrogen-bond donors (Lipinski definition) is 2. The maximum Gasteiger partial charge on any atom is 0.323 e. The molecule has 7 nitrogen and oxygen atoms in total. The van der Waals surface area contributed by atoms with Crippen molar-refractivity contribution in [1.29, 1.82) is 0 Å². The van der Waals surface area contributed by atoms with Gasteiger partial charge >= 0.3 is 5.97 Å². The molecule has 0 fully saturated rings. The number of rotatable bonds is 15. The third-order valence-electron chi connectivity index (χ3n) is 3.14. The predicted octanol–water partition coefficient (Wildman–Crippen LogP) is 0.655. The lowest BCUT2D eigenvalue weighted by atomic mass is 9.92. The van der Waals surface area contributed by atoms with Gasteiger partial charge in [0.25, 0.3) is 0 Å². The van der Waals surface area contributed by atoms with Crippen molar-refractivity contribution >= 4 is 5.97 Å². The average molecular weight is 307 g/mol. The summed E-state index contributed by atoms with van der Waals surface area (Å²) in [6.07, 6.45) is 1.44. The van der Waals surface area contributed by atoms with Crippen molar-refractivity contribution in [3.8, 4) is 0 Å². The second-order valence-corrected chi connectivity index (χ2v) is 4.75. The summed E-state index contributed by atoms with van der Waals surface area (Å²) in [6.45, 7) is 5.44. The number of carboxylic acid groups (broad SMARTS) is 1. The zero-order valence-corrected chi connectivity index (χ0v) is 13.1. The fourth-order valence-electron chi connectivity index (χ4n) is 1.61. The van der Waals surface area contributed by atoms with Gasteiger partial charge in [0.2, 0.25) is 0 Å². The summed E-state index contributed by atoms with van der Waals surface area (Å²) in [7, 11) is 1.63. The number of hydrogen-bond acceptors (Lipinski definition) is 6. The summed E-state index contributed by atoms with van der Waals surface area (Å²) >= 11 is 0. The first kappa shape index (κ1) is 20.3. The van der Waals surface area contributed by atoms with E-state index < -0.39 is 11.5 Å². The molecule has 0 aliphatic carbocycles. The Kier molecular flexibility index (Phi) is 12.5. The Balaban J connectivity index is 3.31. The maximum absolute atomic E-state index is 11.0. The number of carbonyl (C=O) groups is 1. The van der Waals surface area contributed by atoms with Crippen LogP contribution in [0.3, 0.4) is 0 Å². The lowest BCUT2D eigenvalue weighted by Gasteiger charge is -2.22. The van der Waals surface area contributed by atoms with Gasteiger partial charge in [-0.3, -0.25) is 4.79 Å². The summed E-state index contributed by atoms with van der Waals surface area (Å²) < 4.78 is 20.7. The lowest BCUT2D eigenvalue weighted by Crippen LogP contribution is -2.47. The Labute approximate surface area is 126 Å². The van der Waals surface area contributed by atoms with E-state index in [2.05, 4.69) is 0 Å². The van der Waals surface area contributed by atoms with Crippen molar-refractivity contribution in [2.75, 3.05) is 53.4 Å². The highest BCUT2D eigenvalue weighted by molar-refractivity contribution is 5.78. The topological polar surface area (TPSA) is 100 Å². The minimum absolute atomic E-state index is 0.410. The summed E-state index contributed by atoms with van der Waals surface area (Å²) in [5, 5.41) is 9.00. The van der Waals surface area contributed by atoms with Crippen LogP contribution in [0.2, 0.25) is 0 Å². The van der Waals surface area contributed by atoms with Gasteiger partial charge in [0.05, 0.1) is 39.6 Å². The highest BCUT2D eigenvalue weighted by atomic mass is 16.6. The molecule has 0 aromatic heterocycles. The predicted molar refractivity (Wildman–Crippen MR) is 78.4 cm³/mol.